The largest absolute Gasteiger partial charge is 0.497 e. The third-order valence-corrected chi connectivity index (χ3v) is 3.28. The summed E-state index contributed by atoms with van der Waals surface area (Å²) >= 11 is 0. The average Bonchev–Trinajstić information content (AvgIpc) is 2.47. The van der Waals surface area contributed by atoms with Crippen molar-refractivity contribution in [2.24, 2.45) is 5.84 Å². The smallest absolute Gasteiger partial charge is 0.123 e. The molecule has 2 atom stereocenters. The highest BCUT2D eigenvalue weighted by Gasteiger charge is 2.17. The molecule has 2 unspecified atom stereocenters. The number of hydrogen-bond donors (Lipinski definition) is 2. The minimum Gasteiger partial charge on any atom is -0.497 e. The van der Waals surface area contributed by atoms with E-state index < -0.39 is 0 Å². The standard InChI is InChI=1S/C14H24N2O3/c1-10(17-2)5-7-13(16-15)12-9-11(18-3)6-8-14(12)19-4/h6,8-10,13,16H,5,7,15H2,1-4H3. The molecule has 1 aromatic carbocycles. The van der Waals surface area contributed by atoms with Gasteiger partial charge < -0.3 is 14.2 Å². The van der Waals surface area contributed by atoms with Crippen molar-refractivity contribution in [2.45, 2.75) is 31.9 Å². The minimum absolute atomic E-state index is 0.00245. The molecule has 0 spiro atoms. The summed E-state index contributed by atoms with van der Waals surface area (Å²) in [5.41, 5.74) is 3.83. The fourth-order valence-electron chi connectivity index (χ4n) is 1.96. The van der Waals surface area contributed by atoms with E-state index in [0.717, 1.165) is 29.9 Å². The van der Waals surface area contributed by atoms with Crippen molar-refractivity contribution in [3.8, 4) is 11.5 Å². The molecule has 5 nitrogen and oxygen atoms in total. The van der Waals surface area contributed by atoms with Gasteiger partial charge in [-0.15, -0.1) is 0 Å². The molecule has 0 aliphatic heterocycles. The van der Waals surface area contributed by atoms with E-state index in [1.54, 1.807) is 21.3 Å². The molecule has 0 aliphatic rings. The maximum absolute atomic E-state index is 5.66. The zero-order chi connectivity index (χ0) is 14.3. The first-order valence-electron chi connectivity index (χ1n) is 6.37. The molecule has 0 saturated heterocycles. The van der Waals surface area contributed by atoms with E-state index in [2.05, 4.69) is 5.43 Å². The van der Waals surface area contributed by atoms with E-state index in [-0.39, 0.29) is 12.1 Å². The summed E-state index contributed by atoms with van der Waals surface area (Å²) in [4.78, 5) is 0. The molecule has 1 aromatic rings. The van der Waals surface area contributed by atoms with Crippen LogP contribution in [0.5, 0.6) is 11.5 Å². The molecular formula is C14H24N2O3. The van der Waals surface area contributed by atoms with Crippen LogP contribution < -0.4 is 20.7 Å². The molecule has 5 heteroatoms. The Bertz CT molecular complexity index is 385. The van der Waals surface area contributed by atoms with Crippen molar-refractivity contribution in [2.75, 3.05) is 21.3 Å². The van der Waals surface area contributed by atoms with Gasteiger partial charge in [-0.05, 0) is 38.0 Å². The second kappa shape index (κ2) is 7.99. The maximum atomic E-state index is 5.66. The molecule has 0 radical (unpaired) electrons. The molecule has 19 heavy (non-hydrogen) atoms. The van der Waals surface area contributed by atoms with Gasteiger partial charge in [-0.3, -0.25) is 11.3 Å². The lowest BCUT2D eigenvalue weighted by Gasteiger charge is -2.21. The number of ether oxygens (including phenoxy) is 3. The molecule has 3 N–H and O–H groups in total. The van der Waals surface area contributed by atoms with Crippen molar-refractivity contribution in [1.82, 2.24) is 5.43 Å². The van der Waals surface area contributed by atoms with E-state index in [1.807, 2.05) is 25.1 Å². The van der Waals surface area contributed by atoms with E-state index in [1.165, 1.54) is 0 Å². The lowest BCUT2D eigenvalue weighted by atomic mass is 9.99. The zero-order valence-electron chi connectivity index (χ0n) is 12.1. The highest BCUT2D eigenvalue weighted by molar-refractivity contribution is 5.42. The third kappa shape index (κ3) is 4.38. The number of hydrazine groups is 1. The van der Waals surface area contributed by atoms with Crippen LogP contribution in [0, 0.1) is 0 Å². The van der Waals surface area contributed by atoms with Gasteiger partial charge >= 0.3 is 0 Å². The van der Waals surface area contributed by atoms with Gasteiger partial charge in [0.05, 0.1) is 20.3 Å². The Kier molecular flexibility index (Phi) is 6.62. The average molecular weight is 268 g/mol. The van der Waals surface area contributed by atoms with E-state index >= 15 is 0 Å². The van der Waals surface area contributed by atoms with E-state index in [0.29, 0.717) is 0 Å². The Morgan fingerprint density at radius 3 is 2.42 bits per heavy atom. The van der Waals surface area contributed by atoms with E-state index in [9.17, 15) is 0 Å². The number of hydrogen-bond acceptors (Lipinski definition) is 5. The van der Waals surface area contributed by atoms with Gasteiger partial charge in [0.1, 0.15) is 11.5 Å². The van der Waals surface area contributed by atoms with Crippen molar-refractivity contribution < 1.29 is 14.2 Å². The lowest BCUT2D eigenvalue weighted by molar-refractivity contribution is 0.106. The molecule has 1 rings (SSSR count). The number of rotatable bonds is 8. The molecular weight excluding hydrogens is 244 g/mol. The van der Waals surface area contributed by atoms with Gasteiger partial charge in [-0.25, -0.2) is 0 Å². The monoisotopic (exact) mass is 268 g/mol. The number of methoxy groups -OCH3 is 3. The van der Waals surface area contributed by atoms with E-state index in [4.69, 9.17) is 20.1 Å². The van der Waals surface area contributed by atoms with Crippen LogP contribution in [0.1, 0.15) is 31.4 Å². The number of nitrogens with one attached hydrogen (secondary N) is 1. The van der Waals surface area contributed by atoms with Gasteiger partial charge in [0.25, 0.3) is 0 Å². The Balaban J connectivity index is 2.89. The van der Waals surface area contributed by atoms with Gasteiger partial charge in [-0.1, -0.05) is 0 Å². The molecule has 0 heterocycles. The predicted octanol–water partition coefficient (Wildman–Crippen LogP) is 2.02. The minimum atomic E-state index is 0.00245. The van der Waals surface area contributed by atoms with Crippen LogP contribution in [-0.4, -0.2) is 27.4 Å². The molecule has 0 fully saturated rings. The Morgan fingerprint density at radius 2 is 1.89 bits per heavy atom. The van der Waals surface area contributed by atoms with Crippen LogP contribution in [0.2, 0.25) is 0 Å². The third-order valence-electron chi connectivity index (χ3n) is 3.28. The zero-order valence-corrected chi connectivity index (χ0v) is 12.1. The number of benzene rings is 1. The quantitative estimate of drug-likeness (QED) is 0.558. The predicted molar refractivity (Wildman–Crippen MR) is 75.3 cm³/mol. The summed E-state index contributed by atoms with van der Waals surface area (Å²) in [6.07, 6.45) is 1.97. The van der Waals surface area contributed by atoms with Crippen LogP contribution in [0.3, 0.4) is 0 Å². The van der Waals surface area contributed by atoms with Gasteiger partial charge in [-0.2, -0.15) is 0 Å². The molecule has 0 aromatic heterocycles. The number of nitrogens with two attached hydrogens (primary N) is 1. The van der Waals surface area contributed by atoms with Crippen molar-refractivity contribution in [3.05, 3.63) is 23.8 Å². The lowest BCUT2D eigenvalue weighted by Crippen LogP contribution is -2.29. The highest BCUT2D eigenvalue weighted by Crippen LogP contribution is 2.31. The fourth-order valence-corrected chi connectivity index (χ4v) is 1.96. The molecule has 0 bridgehead atoms. The van der Waals surface area contributed by atoms with Crippen molar-refractivity contribution in [3.63, 3.8) is 0 Å². The van der Waals surface area contributed by atoms with Crippen LogP contribution >= 0.6 is 0 Å². The first-order chi connectivity index (χ1) is 9.15. The normalized spacial score (nSPS) is 13.9. The fraction of sp³-hybridized carbons (Fsp3) is 0.571. The molecule has 0 saturated carbocycles. The summed E-state index contributed by atoms with van der Waals surface area (Å²) in [5, 5.41) is 0. The summed E-state index contributed by atoms with van der Waals surface area (Å²) in [7, 11) is 5.00. The van der Waals surface area contributed by atoms with Gasteiger partial charge in [0.2, 0.25) is 0 Å². The highest BCUT2D eigenvalue weighted by atomic mass is 16.5. The Labute approximate surface area is 115 Å². The Hall–Kier alpha value is -1.30. The summed E-state index contributed by atoms with van der Waals surface area (Å²) in [6, 6.07) is 5.70. The molecule has 108 valence electrons. The van der Waals surface area contributed by atoms with Crippen LogP contribution in [0.25, 0.3) is 0 Å². The van der Waals surface area contributed by atoms with Crippen molar-refractivity contribution >= 4 is 0 Å². The summed E-state index contributed by atoms with van der Waals surface area (Å²) < 4.78 is 15.9. The first-order valence-corrected chi connectivity index (χ1v) is 6.37. The topological polar surface area (TPSA) is 65.7 Å². The summed E-state index contributed by atoms with van der Waals surface area (Å²) in [6.45, 7) is 2.04. The SMILES string of the molecule is COc1ccc(OC)c(C(CCC(C)OC)NN)c1. The second-order valence-electron chi connectivity index (χ2n) is 4.45. The first kappa shape index (κ1) is 15.8. The van der Waals surface area contributed by atoms with Gasteiger partial charge in [0, 0.05) is 18.7 Å². The van der Waals surface area contributed by atoms with Crippen molar-refractivity contribution in [1.29, 1.82) is 0 Å². The van der Waals surface area contributed by atoms with Crippen LogP contribution in [-0.2, 0) is 4.74 Å². The maximum Gasteiger partial charge on any atom is 0.123 e. The van der Waals surface area contributed by atoms with Crippen LogP contribution in [0.4, 0.5) is 0 Å². The summed E-state index contributed by atoms with van der Waals surface area (Å²) in [5.74, 6) is 7.25. The molecule has 0 aliphatic carbocycles. The van der Waals surface area contributed by atoms with Crippen LogP contribution in [0.15, 0.2) is 18.2 Å². The second-order valence-corrected chi connectivity index (χ2v) is 4.45. The van der Waals surface area contributed by atoms with Gasteiger partial charge in [0.15, 0.2) is 0 Å². The Morgan fingerprint density at radius 1 is 1.16 bits per heavy atom. The molecule has 0 amide bonds.